The topological polar surface area (TPSA) is 86.5 Å². The molecule has 1 aromatic heterocycles. The van der Waals surface area contributed by atoms with Gasteiger partial charge in [-0.3, -0.25) is 9.78 Å². The van der Waals surface area contributed by atoms with Crippen LogP contribution in [0.2, 0.25) is 0 Å². The first-order valence-corrected chi connectivity index (χ1v) is 6.78. The maximum Gasteiger partial charge on any atom is 0.257 e. The molecule has 6 nitrogen and oxygen atoms in total. The highest BCUT2D eigenvalue weighted by atomic mass is 79.9. The molecule has 0 aliphatic carbocycles. The molecule has 0 bridgehead atoms. The monoisotopic (exact) mass is 351 g/mol. The van der Waals surface area contributed by atoms with Crippen molar-refractivity contribution in [2.24, 2.45) is 0 Å². The fourth-order valence-electron chi connectivity index (χ4n) is 1.73. The van der Waals surface area contributed by atoms with Gasteiger partial charge in [0.1, 0.15) is 0 Å². The molecule has 0 saturated heterocycles. The van der Waals surface area contributed by atoms with Crippen molar-refractivity contribution in [1.29, 1.82) is 0 Å². The fourth-order valence-corrected chi connectivity index (χ4v) is 2.10. The van der Waals surface area contributed by atoms with Gasteiger partial charge in [0.2, 0.25) is 0 Å². The average molecular weight is 352 g/mol. The second-order valence-corrected chi connectivity index (χ2v) is 5.06. The SMILES string of the molecule is COc1cc(N)c(NC(=O)c2cncc(Br)c2)cc1OC. The van der Waals surface area contributed by atoms with Crippen LogP contribution in [0.25, 0.3) is 0 Å². The Morgan fingerprint density at radius 3 is 2.48 bits per heavy atom. The Balaban J connectivity index is 2.29. The molecule has 21 heavy (non-hydrogen) atoms. The van der Waals surface area contributed by atoms with Gasteiger partial charge in [0.25, 0.3) is 5.91 Å². The number of hydrogen-bond donors (Lipinski definition) is 2. The molecular weight excluding hydrogens is 338 g/mol. The van der Waals surface area contributed by atoms with E-state index >= 15 is 0 Å². The number of halogens is 1. The second-order valence-electron chi connectivity index (χ2n) is 4.14. The van der Waals surface area contributed by atoms with Crippen LogP contribution in [-0.2, 0) is 0 Å². The minimum atomic E-state index is -0.317. The molecule has 0 fully saturated rings. The summed E-state index contributed by atoms with van der Waals surface area (Å²) in [6.07, 6.45) is 3.07. The lowest BCUT2D eigenvalue weighted by Gasteiger charge is -2.13. The van der Waals surface area contributed by atoms with Crippen LogP contribution < -0.4 is 20.5 Å². The van der Waals surface area contributed by atoms with Gasteiger partial charge in [-0.2, -0.15) is 0 Å². The number of amides is 1. The van der Waals surface area contributed by atoms with Crippen LogP contribution in [-0.4, -0.2) is 25.1 Å². The summed E-state index contributed by atoms with van der Waals surface area (Å²) in [5.41, 5.74) is 7.14. The number of rotatable bonds is 4. The first-order valence-electron chi connectivity index (χ1n) is 5.98. The number of carbonyl (C=O) groups excluding carboxylic acids is 1. The molecule has 0 atom stereocenters. The summed E-state index contributed by atoms with van der Waals surface area (Å²) in [5.74, 6) is 0.661. The van der Waals surface area contributed by atoms with Gasteiger partial charge in [-0.05, 0) is 22.0 Å². The van der Waals surface area contributed by atoms with E-state index in [1.807, 2.05) is 0 Å². The molecular formula is C14H14BrN3O3. The van der Waals surface area contributed by atoms with E-state index in [1.54, 1.807) is 24.4 Å². The zero-order chi connectivity index (χ0) is 15.4. The van der Waals surface area contributed by atoms with Gasteiger partial charge >= 0.3 is 0 Å². The third kappa shape index (κ3) is 3.43. The quantitative estimate of drug-likeness (QED) is 0.827. The van der Waals surface area contributed by atoms with Gasteiger partial charge in [-0.25, -0.2) is 0 Å². The number of nitrogens with two attached hydrogens (primary N) is 1. The van der Waals surface area contributed by atoms with Crippen molar-refractivity contribution in [3.05, 3.63) is 40.6 Å². The number of aromatic nitrogens is 1. The Kier molecular flexibility index (Phi) is 4.64. The maximum atomic E-state index is 12.2. The van der Waals surface area contributed by atoms with Gasteiger partial charge < -0.3 is 20.5 Å². The lowest BCUT2D eigenvalue weighted by Crippen LogP contribution is -2.13. The molecule has 2 aromatic rings. The smallest absolute Gasteiger partial charge is 0.257 e. The van der Waals surface area contributed by atoms with Crippen LogP contribution in [0.15, 0.2) is 35.1 Å². The van der Waals surface area contributed by atoms with Crippen LogP contribution in [0.3, 0.4) is 0 Å². The van der Waals surface area contributed by atoms with E-state index < -0.39 is 0 Å². The zero-order valence-electron chi connectivity index (χ0n) is 11.5. The van der Waals surface area contributed by atoms with Crippen LogP contribution in [0.5, 0.6) is 11.5 Å². The van der Waals surface area contributed by atoms with Gasteiger partial charge in [-0.1, -0.05) is 0 Å². The van der Waals surface area contributed by atoms with Crippen molar-refractivity contribution in [1.82, 2.24) is 4.98 Å². The van der Waals surface area contributed by atoms with Gasteiger partial charge in [0, 0.05) is 29.0 Å². The standard InChI is InChI=1S/C14H14BrN3O3/c1-20-12-4-10(16)11(5-13(12)21-2)18-14(19)8-3-9(15)7-17-6-8/h3-7H,16H2,1-2H3,(H,18,19). The van der Waals surface area contributed by atoms with Gasteiger partial charge in [0.05, 0.1) is 31.2 Å². The highest BCUT2D eigenvalue weighted by Crippen LogP contribution is 2.35. The van der Waals surface area contributed by atoms with Crippen LogP contribution in [0, 0.1) is 0 Å². The molecule has 0 aliphatic rings. The van der Waals surface area contributed by atoms with Crippen molar-refractivity contribution in [2.45, 2.75) is 0 Å². The van der Waals surface area contributed by atoms with Gasteiger partial charge in [0.15, 0.2) is 11.5 Å². The summed E-state index contributed by atoms with van der Waals surface area (Å²) in [5, 5.41) is 2.72. The van der Waals surface area contributed by atoms with Crippen molar-refractivity contribution in [2.75, 3.05) is 25.3 Å². The lowest BCUT2D eigenvalue weighted by molar-refractivity contribution is 0.102. The fraction of sp³-hybridized carbons (Fsp3) is 0.143. The van der Waals surface area contributed by atoms with Crippen molar-refractivity contribution in [3.63, 3.8) is 0 Å². The Morgan fingerprint density at radius 1 is 1.19 bits per heavy atom. The lowest BCUT2D eigenvalue weighted by atomic mass is 10.2. The predicted octanol–water partition coefficient (Wildman–Crippen LogP) is 2.70. The molecule has 0 radical (unpaired) electrons. The minimum absolute atomic E-state index is 0.317. The Hall–Kier alpha value is -2.28. The summed E-state index contributed by atoms with van der Waals surface area (Å²) in [6.45, 7) is 0. The van der Waals surface area contributed by atoms with E-state index in [4.69, 9.17) is 15.2 Å². The molecule has 0 aliphatic heterocycles. The van der Waals surface area contributed by atoms with E-state index in [-0.39, 0.29) is 5.91 Å². The number of methoxy groups -OCH3 is 2. The van der Waals surface area contributed by atoms with Gasteiger partial charge in [-0.15, -0.1) is 0 Å². The van der Waals surface area contributed by atoms with E-state index in [9.17, 15) is 4.79 Å². The van der Waals surface area contributed by atoms with E-state index in [0.29, 0.717) is 28.4 Å². The molecule has 110 valence electrons. The molecule has 0 unspecified atom stereocenters. The molecule has 2 rings (SSSR count). The maximum absolute atomic E-state index is 12.2. The third-order valence-corrected chi connectivity index (χ3v) is 3.20. The van der Waals surface area contributed by atoms with Crippen molar-refractivity contribution < 1.29 is 14.3 Å². The van der Waals surface area contributed by atoms with Crippen molar-refractivity contribution >= 4 is 33.2 Å². The normalized spacial score (nSPS) is 10.0. The van der Waals surface area contributed by atoms with Crippen LogP contribution in [0.4, 0.5) is 11.4 Å². The number of hydrogen-bond acceptors (Lipinski definition) is 5. The first kappa shape index (κ1) is 15.1. The Morgan fingerprint density at radius 2 is 1.86 bits per heavy atom. The number of nitrogens with one attached hydrogen (secondary N) is 1. The number of pyridine rings is 1. The predicted molar refractivity (Wildman–Crippen MR) is 83.8 cm³/mol. The largest absolute Gasteiger partial charge is 0.493 e. The molecule has 1 amide bonds. The Labute approximate surface area is 130 Å². The summed E-state index contributed by atoms with van der Waals surface area (Å²) >= 11 is 3.27. The summed E-state index contributed by atoms with van der Waals surface area (Å²) in [4.78, 5) is 16.1. The van der Waals surface area contributed by atoms with E-state index in [1.165, 1.54) is 20.4 Å². The molecule has 3 N–H and O–H groups in total. The minimum Gasteiger partial charge on any atom is -0.493 e. The van der Waals surface area contributed by atoms with E-state index in [2.05, 4.69) is 26.2 Å². The highest BCUT2D eigenvalue weighted by Gasteiger charge is 2.13. The average Bonchev–Trinajstić information content (AvgIpc) is 2.48. The number of ether oxygens (including phenoxy) is 2. The number of benzene rings is 1. The van der Waals surface area contributed by atoms with Crippen molar-refractivity contribution in [3.8, 4) is 11.5 Å². The zero-order valence-corrected chi connectivity index (χ0v) is 13.1. The molecule has 0 spiro atoms. The second kappa shape index (κ2) is 6.45. The molecule has 1 heterocycles. The highest BCUT2D eigenvalue weighted by molar-refractivity contribution is 9.10. The third-order valence-electron chi connectivity index (χ3n) is 2.77. The molecule has 0 saturated carbocycles. The molecule has 7 heteroatoms. The number of nitrogens with zero attached hydrogens (tertiary/aromatic N) is 1. The molecule has 1 aromatic carbocycles. The van der Waals surface area contributed by atoms with E-state index in [0.717, 1.165) is 4.47 Å². The number of carbonyl (C=O) groups is 1. The summed E-state index contributed by atoms with van der Waals surface area (Å²) in [7, 11) is 3.03. The summed E-state index contributed by atoms with van der Waals surface area (Å²) in [6, 6.07) is 4.87. The number of nitrogen functional groups attached to an aromatic ring is 1. The first-order chi connectivity index (χ1) is 10.0. The summed E-state index contributed by atoms with van der Waals surface area (Å²) < 4.78 is 11.0. The Bertz CT molecular complexity index is 677. The van der Waals surface area contributed by atoms with Crippen LogP contribution >= 0.6 is 15.9 Å². The number of anilines is 2. The van der Waals surface area contributed by atoms with Crippen LogP contribution in [0.1, 0.15) is 10.4 Å².